The van der Waals surface area contributed by atoms with Crippen molar-refractivity contribution in [3.63, 3.8) is 0 Å². The number of carbonyl (C=O) groups excluding carboxylic acids is 2. The molecule has 0 fully saturated rings. The number of methoxy groups -OCH3 is 1. The molecule has 1 aromatic carbocycles. The van der Waals surface area contributed by atoms with Gasteiger partial charge >= 0.3 is 11.9 Å². The number of rotatable bonds is 4. The molecule has 2 unspecified atom stereocenters. The number of esters is 2. The molecule has 0 spiro atoms. The van der Waals surface area contributed by atoms with Crippen molar-refractivity contribution in [2.24, 2.45) is 10.9 Å². The molecule has 0 radical (unpaired) electrons. The van der Waals surface area contributed by atoms with Crippen LogP contribution >= 0.6 is 0 Å². The quantitative estimate of drug-likeness (QED) is 0.761. The minimum absolute atomic E-state index is 0.306. The number of ether oxygens (including phenoxy) is 2. The molecule has 8 heteroatoms. The molecule has 0 saturated carbocycles. The van der Waals surface area contributed by atoms with Crippen LogP contribution in [0.15, 0.2) is 39.1 Å². The number of fused-ring (bicyclic) bond motifs is 1. The minimum atomic E-state index is -0.782. The first-order valence-electron chi connectivity index (χ1n) is 8.61. The maximum atomic E-state index is 12.9. The molecule has 2 heterocycles. The highest BCUT2D eigenvalue weighted by Gasteiger charge is 2.43. The fourth-order valence-corrected chi connectivity index (χ4v) is 3.43. The van der Waals surface area contributed by atoms with Crippen molar-refractivity contribution < 1.29 is 23.7 Å². The molecule has 0 aliphatic carbocycles. The van der Waals surface area contributed by atoms with E-state index in [4.69, 9.17) is 14.1 Å². The molecule has 2 aromatic rings. The Balaban J connectivity index is 2.25. The van der Waals surface area contributed by atoms with Crippen LogP contribution in [-0.4, -0.2) is 41.2 Å². The maximum Gasteiger partial charge on any atom is 0.336 e. The second-order valence-corrected chi connectivity index (χ2v) is 6.66. The first-order chi connectivity index (χ1) is 12.8. The van der Waals surface area contributed by atoms with Crippen LogP contribution in [0.1, 0.15) is 39.2 Å². The molecule has 0 amide bonds. The maximum absolute atomic E-state index is 12.9. The summed E-state index contributed by atoms with van der Waals surface area (Å²) >= 11 is 0. The molecule has 2 atom stereocenters. The second kappa shape index (κ2) is 7.30. The highest BCUT2D eigenvalue weighted by molar-refractivity contribution is 6.07. The van der Waals surface area contributed by atoms with Gasteiger partial charge in [0.05, 0.1) is 18.8 Å². The van der Waals surface area contributed by atoms with E-state index in [1.165, 1.54) is 7.11 Å². The van der Waals surface area contributed by atoms with Gasteiger partial charge in [-0.25, -0.2) is 9.42 Å². The minimum Gasteiger partial charge on any atom is -0.468 e. The number of nitrogens with zero attached hydrogens (tertiary/aromatic N) is 3. The Morgan fingerprint density at radius 3 is 2.59 bits per heavy atom. The largest absolute Gasteiger partial charge is 0.468 e. The van der Waals surface area contributed by atoms with Crippen molar-refractivity contribution in [3.8, 4) is 0 Å². The zero-order chi connectivity index (χ0) is 19.7. The molecule has 8 nitrogen and oxygen atoms in total. The topological polar surface area (TPSA) is 104 Å². The lowest BCUT2D eigenvalue weighted by molar-refractivity contribution is -0.145. The molecular formula is C19H21N3O5. The Labute approximate surface area is 156 Å². The lowest BCUT2D eigenvalue weighted by Gasteiger charge is -2.31. The van der Waals surface area contributed by atoms with Crippen LogP contribution in [0.5, 0.6) is 0 Å². The predicted octanol–water partition coefficient (Wildman–Crippen LogP) is 2.80. The fraction of sp³-hybridized carbons (Fsp3) is 0.421. The van der Waals surface area contributed by atoms with Crippen LogP contribution in [0.2, 0.25) is 0 Å². The van der Waals surface area contributed by atoms with E-state index in [0.29, 0.717) is 33.6 Å². The van der Waals surface area contributed by atoms with Gasteiger partial charge in [-0.1, -0.05) is 12.1 Å². The molecule has 0 bridgehead atoms. The number of benzene rings is 1. The molecule has 1 aliphatic heterocycles. The Kier molecular flexibility index (Phi) is 5.07. The number of hydrogen-bond donors (Lipinski definition) is 0. The average Bonchev–Trinajstić information content (AvgIpc) is 3.08. The lowest BCUT2D eigenvalue weighted by atomic mass is 9.75. The van der Waals surface area contributed by atoms with Crippen molar-refractivity contribution in [1.29, 1.82) is 0 Å². The summed E-state index contributed by atoms with van der Waals surface area (Å²) in [5, 5.41) is 7.82. The molecule has 0 N–H and O–H groups in total. The van der Waals surface area contributed by atoms with Crippen LogP contribution in [-0.2, 0) is 19.1 Å². The van der Waals surface area contributed by atoms with E-state index in [1.54, 1.807) is 45.9 Å². The Hall–Kier alpha value is -3.03. The summed E-state index contributed by atoms with van der Waals surface area (Å²) in [5.74, 6) is -2.46. The van der Waals surface area contributed by atoms with Gasteiger partial charge in [-0.3, -0.25) is 9.79 Å². The molecule has 27 heavy (non-hydrogen) atoms. The van der Waals surface area contributed by atoms with Crippen LogP contribution in [0.25, 0.3) is 11.0 Å². The Morgan fingerprint density at radius 2 is 1.93 bits per heavy atom. The third-order valence-corrected chi connectivity index (χ3v) is 4.50. The summed E-state index contributed by atoms with van der Waals surface area (Å²) in [6.45, 7) is 6.99. The van der Waals surface area contributed by atoms with E-state index in [-0.39, 0.29) is 6.10 Å². The molecule has 1 aliphatic rings. The highest BCUT2D eigenvalue weighted by atomic mass is 16.6. The average molecular weight is 371 g/mol. The first kappa shape index (κ1) is 18.8. The van der Waals surface area contributed by atoms with Crippen LogP contribution < -0.4 is 0 Å². The van der Waals surface area contributed by atoms with E-state index in [1.807, 2.05) is 0 Å². The summed E-state index contributed by atoms with van der Waals surface area (Å²) in [4.78, 5) is 29.9. The smallest absolute Gasteiger partial charge is 0.336 e. The summed E-state index contributed by atoms with van der Waals surface area (Å²) in [6, 6.07) is 5.31. The van der Waals surface area contributed by atoms with Gasteiger partial charge in [0.1, 0.15) is 17.0 Å². The number of carbonyl (C=O) groups is 2. The number of hydrogen-bond acceptors (Lipinski definition) is 8. The van der Waals surface area contributed by atoms with Gasteiger partial charge in [0.25, 0.3) is 0 Å². The third kappa shape index (κ3) is 3.34. The number of allylic oxidation sites excluding steroid dienone is 1. The van der Waals surface area contributed by atoms with E-state index >= 15 is 0 Å². The van der Waals surface area contributed by atoms with Crippen molar-refractivity contribution in [2.45, 2.75) is 39.7 Å². The predicted molar refractivity (Wildman–Crippen MR) is 97.1 cm³/mol. The van der Waals surface area contributed by atoms with Gasteiger partial charge in [0, 0.05) is 17.3 Å². The van der Waals surface area contributed by atoms with Crippen molar-refractivity contribution >= 4 is 28.7 Å². The number of aliphatic imine (C=N–C) groups is 1. The normalized spacial score (nSPS) is 20.0. The van der Waals surface area contributed by atoms with E-state index < -0.39 is 23.8 Å². The summed E-state index contributed by atoms with van der Waals surface area (Å²) in [7, 11) is 1.31. The summed E-state index contributed by atoms with van der Waals surface area (Å²) in [5.41, 5.74) is 3.00. The highest BCUT2D eigenvalue weighted by Crippen LogP contribution is 2.42. The molecule has 0 saturated heterocycles. The molecule has 3 rings (SSSR count). The van der Waals surface area contributed by atoms with Gasteiger partial charge in [-0.05, 0) is 49.6 Å². The standard InChI is InChI=1S/C19H21N3O5/c1-9(2)26-19(24)15-11(4)20-10(3)14(18(23)25-5)16(15)12-7-6-8-13-17(12)22-27-21-13/h6-9,14,16H,1-5H3. The van der Waals surface area contributed by atoms with Gasteiger partial charge < -0.3 is 9.47 Å². The van der Waals surface area contributed by atoms with Gasteiger partial charge in [0.15, 0.2) is 0 Å². The summed E-state index contributed by atoms with van der Waals surface area (Å²) < 4.78 is 15.3. The fourth-order valence-electron chi connectivity index (χ4n) is 3.43. The van der Waals surface area contributed by atoms with Gasteiger partial charge in [-0.2, -0.15) is 0 Å². The molecule has 142 valence electrons. The Bertz CT molecular complexity index is 957. The Morgan fingerprint density at radius 1 is 1.19 bits per heavy atom. The molecule has 1 aromatic heterocycles. The van der Waals surface area contributed by atoms with Crippen molar-refractivity contribution in [1.82, 2.24) is 10.3 Å². The number of aromatic nitrogens is 2. The lowest BCUT2D eigenvalue weighted by Crippen LogP contribution is -2.36. The van der Waals surface area contributed by atoms with Gasteiger partial charge in [-0.15, -0.1) is 0 Å². The van der Waals surface area contributed by atoms with Crippen LogP contribution in [0.4, 0.5) is 0 Å². The zero-order valence-electron chi connectivity index (χ0n) is 15.8. The van der Waals surface area contributed by atoms with Crippen LogP contribution in [0, 0.1) is 5.92 Å². The van der Waals surface area contributed by atoms with Gasteiger partial charge in [0.2, 0.25) is 0 Å². The van der Waals surface area contributed by atoms with E-state index in [0.717, 1.165) is 0 Å². The van der Waals surface area contributed by atoms with Crippen molar-refractivity contribution in [3.05, 3.63) is 35.0 Å². The van der Waals surface area contributed by atoms with Crippen LogP contribution in [0.3, 0.4) is 0 Å². The summed E-state index contributed by atoms with van der Waals surface area (Å²) in [6.07, 6.45) is -0.313. The molecular weight excluding hydrogens is 350 g/mol. The van der Waals surface area contributed by atoms with E-state index in [9.17, 15) is 9.59 Å². The first-order valence-corrected chi connectivity index (χ1v) is 8.61. The monoisotopic (exact) mass is 371 g/mol. The van der Waals surface area contributed by atoms with Crippen molar-refractivity contribution in [2.75, 3.05) is 7.11 Å². The SMILES string of the molecule is COC(=O)C1C(C)=NC(C)=C(C(=O)OC(C)C)C1c1cccc2nonc12. The van der Waals surface area contributed by atoms with E-state index in [2.05, 4.69) is 15.3 Å². The zero-order valence-corrected chi connectivity index (χ0v) is 15.8. The third-order valence-electron chi connectivity index (χ3n) is 4.50. The second-order valence-electron chi connectivity index (χ2n) is 6.66.